The number of fused-ring (bicyclic) bond motifs is 3. The molecule has 0 bridgehead atoms. The zero-order valence-corrected chi connectivity index (χ0v) is 12.9. The van der Waals surface area contributed by atoms with Gasteiger partial charge in [-0.25, -0.2) is 9.97 Å². The van der Waals surface area contributed by atoms with Crippen LogP contribution in [0.2, 0.25) is 0 Å². The van der Waals surface area contributed by atoms with Gasteiger partial charge in [0.15, 0.2) is 5.16 Å². The van der Waals surface area contributed by atoms with E-state index in [9.17, 15) is 0 Å². The molecule has 1 aliphatic heterocycles. The molecule has 2 aromatic rings. The Morgan fingerprint density at radius 3 is 3.05 bits per heavy atom. The minimum absolute atomic E-state index is 0.179. The Hall–Kier alpha value is -1.36. The Balaban J connectivity index is 2.10. The minimum Gasteiger partial charge on any atom is -0.383 e. The summed E-state index contributed by atoms with van der Waals surface area (Å²) in [6.45, 7) is 4.75. The van der Waals surface area contributed by atoms with Crippen molar-refractivity contribution >= 4 is 39.1 Å². The summed E-state index contributed by atoms with van der Waals surface area (Å²) in [5, 5.41) is 10.2. The van der Waals surface area contributed by atoms with Crippen LogP contribution in [0.4, 0.5) is 5.82 Å². The van der Waals surface area contributed by atoms with Crippen LogP contribution in [0.1, 0.15) is 24.3 Å². The molecule has 0 saturated heterocycles. The van der Waals surface area contributed by atoms with E-state index in [1.165, 1.54) is 22.2 Å². The molecule has 2 N–H and O–H groups in total. The molecule has 5 nitrogen and oxygen atoms in total. The highest BCUT2D eigenvalue weighted by molar-refractivity contribution is 7.99. The molecular formula is C13H14N4OS2. The van der Waals surface area contributed by atoms with Gasteiger partial charge >= 0.3 is 0 Å². The maximum absolute atomic E-state index is 8.63. The molecule has 104 valence electrons. The molecular weight excluding hydrogens is 292 g/mol. The van der Waals surface area contributed by atoms with Crippen LogP contribution in [-0.2, 0) is 17.8 Å². The molecule has 0 saturated carbocycles. The average molecular weight is 306 g/mol. The van der Waals surface area contributed by atoms with Crippen LogP contribution in [0.5, 0.6) is 0 Å². The zero-order valence-electron chi connectivity index (χ0n) is 11.3. The van der Waals surface area contributed by atoms with Crippen LogP contribution in [0.25, 0.3) is 10.2 Å². The van der Waals surface area contributed by atoms with E-state index in [-0.39, 0.29) is 5.60 Å². The molecule has 0 aliphatic carbocycles. The van der Waals surface area contributed by atoms with E-state index < -0.39 is 0 Å². The van der Waals surface area contributed by atoms with E-state index in [2.05, 4.69) is 29.9 Å². The first kappa shape index (κ1) is 13.6. The summed E-state index contributed by atoms with van der Waals surface area (Å²) in [5.41, 5.74) is 7.14. The van der Waals surface area contributed by atoms with Gasteiger partial charge in [-0.3, -0.25) is 0 Å². The van der Waals surface area contributed by atoms with Gasteiger partial charge in [-0.1, -0.05) is 11.8 Å². The van der Waals surface area contributed by atoms with Crippen molar-refractivity contribution in [3.8, 4) is 6.07 Å². The van der Waals surface area contributed by atoms with Crippen LogP contribution < -0.4 is 5.73 Å². The first-order valence-electron chi connectivity index (χ1n) is 6.21. The van der Waals surface area contributed by atoms with E-state index in [4.69, 9.17) is 15.7 Å². The second-order valence-corrected chi connectivity index (χ2v) is 7.27. The van der Waals surface area contributed by atoms with E-state index in [1.807, 2.05) is 0 Å². The van der Waals surface area contributed by atoms with E-state index >= 15 is 0 Å². The molecule has 1 aliphatic rings. The highest BCUT2D eigenvalue weighted by Gasteiger charge is 2.30. The second kappa shape index (κ2) is 4.88. The second-order valence-electron chi connectivity index (χ2n) is 5.25. The van der Waals surface area contributed by atoms with E-state index in [0.717, 1.165) is 16.6 Å². The first-order valence-corrected chi connectivity index (χ1v) is 8.02. The number of nitriles is 1. The maximum Gasteiger partial charge on any atom is 0.191 e. The summed E-state index contributed by atoms with van der Waals surface area (Å²) in [4.78, 5) is 10.9. The quantitative estimate of drug-likeness (QED) is 0.678. The molecule has 0 aromatic carbocycles. The third kappa shape index (κ3) is 2.35. The minimum atomic E-state index is -0.179. The van der Waals surface area contributed by atoms with Crippen LogP contribution in [-0.4, -0.2) is 21.3 Å². The van der Waals surface area contributed by atoms with Gasteiger partial charge in [0.1, 0.15) is 10.6 Å². The predicted octanol–water partition coefficient (Wildman–Crippen LogP) is 2.74. The summed E-state index contributed by atoms with van der Waals surface area (Å²) in [5.74, 6) is 0.831. The molecule has 2 aromatic heterocycles. The van der Waals surface area contributed by atoms with Crippen molar-refractivity contribution in [2.24, 2.45) is 0 Å². The Labute approximate surface area is 125 Å². The molecule has 0 unspecified atom stereocenters. The van der Waals surface area contributed by atoms with E-state index in [1.54, 1.807) is 11.3 Å². The monoisotopic (exact) mass is 306 g/mol. The third-order valence-electron chi connectivity index (χ3n) is 3.20. The maximum atomic E-state index is 8.63. The van der Waals surface area contributed by atoms with Gasteiger partial charge in [-0.15, -0.1) is 11.3 Å². The lowest BCUT2D eigenvalue weighted by atomic mass is 9.94. The van der Waals surface area contributed by atoms with Crippen molar-refractivity contribution in [3.63, 3.8) is 0 Å². The molecule has 3 heterocycles. The number of nitrogens with zero attached hydrogens (tertiary/aromatic N) is 3. The Kier molecular flexibility index (Phi) is 3.32. The molecule has 0 atom stereocenters. The number of aromatic nitrogens is 2. The topological polar surface area (TPSA) is 84.8 Å². The molecule has 0 amide bonds. The fraction of sp³-hybridized carbons (Fsp3) is 0.462. The van der Waals surface area contributed by atoms with Crippen molar-refractivity contribution in [2.75, 3.05) is 11.5 Å². The zero-order chi connectivity index (χ0) is 14.3. The van der Waals surface area contributed by atoms with Gasteiger partial charge in [-0.05, 0) is 19.4 Å². The van der Waals surface area contributed by atoms with Crippen molar-refractivity contribution in [1.82, 2.24) is 9.97 Å². The van der Waals surface area contributed by atoms with Gasteiger partial charge in [0.05, 0.1) is 29.4 Å². The van der Waals surface area contributed by atoms with Crippen molar-refractivity contribution in [1.29, 1.82) is 5.26 Å². The SMILES string of the molecule is CC1(C)Cc2c(sc3nc(SCC#N)nc(N)c23)CO1. The average Bonchev–Trinajstić information content (AvgIpc) is 2.73. The smallest absolute Gasteiger partial charge is 0.191 e. The lowest BCUT2D eigenvalue weighted by Crippen LogP contribution is -2.31. The number of hydrogen-bond acceptors (Lipinski definition) is 7. The molecule has 3 rings (SSSR count). The van der Waals surface area contributed by atoms with E-state index in [0.29, 0.717) is 23.3 Å². The number of nitrogen functional groups attached to an aromatic ring is 1. The summed E-state index contributed by atoms with van der Waals surface area (Å²) < 4.78 is 5.83. The molecule has 20 heavy (non-hydrogen) atoms. The number of anilines is 1. The third-order valence-corrected chi connectivity index (χ3v) is 5.02. The number of nitrogens with two attached hydrogens (primary N) is 1. The number of ether oxygens (including phenoxy) is 1. The van der Waals surface area contributed by atoms with Crippen LogP contribution >= 0.6 is 23.1 Å². The number of hydrogen-bond donors (Lipinski definition) is 1. The lowest BCUT2D eigenvalue weighted by Gasteiger charge is -2.30. The first-order chi connectivity index (χ1) is 9.50. The summed E-state index contributed by atoms with van der Waals surface area (Å²) in [6, 6.07) is 2.07. The van der Waals surface area contributed by atoms with Gasteiger partial charge in [0.2, 0.25) is 0 Å². The molecule has 0 radical (unpaired) electrons. The van der Waals surface area contributed by atoms with Crippen LogP contribution in [0.15, 0.2) is 5.16 Å². The standard InChI is InChI=1S/C13H14N4OS2/c1-13(2)5-7-8(6-18-13)20-11-9(7)10(15)16-12(17-11)19-4-3-14/h4-6H2,1-2H3,(H2,15,16,17). The molecule has 0 fully saturated rings. The van der Waals surface area contributed by atoms with Gasteiger partial charge in [-0.2, -0.15) is 5.26 Å². The summed E-state index contributed by atoms with van der Waals surface area (Å²) in [7, 11) is 0. The number of thiophene rings is 1. The highest BCUT2D eigenvalue weighted by Crippen LogP contribution is 2.40. The Morgan fingerprint density at radius 1 is 1.50 bits per heavy atom. The normalized spacial score (nSPS) is 16.9. The van der Waals surface area contributed by atoms with Gasteiger partial charge in [0, 0.05) is 11.3 Å². The van der Waals surface area contributed by atoms with Crippen LogP contribution in [0.3, 0.4) is 0 Å². The Bertz CT molecular complexity index is 717. The summed E-state index contributed by atoms with van der Waals surface area (Å²) in [6.07, 6.45) is 0.820. The lowest BCUT2D eigenvalue weighted by molar-refractivity contribution is -0.0379. The Morgan fingerprint density at radius 2 is 2.30 bits per heavy atom. The number of rotatable bonds is 2. The van der Waals surface area contributed by atoms with Gasteiger partial charge < -0.3 is 10.5 Å². The highest BCUT2D eigenvalue weighted by atomic mass is 32.2. The molecule has 7 heteroatoms. The van der Waals surface area contributed by atoms with Crippen LogP contribution in [0, 0.1) is 11.3 Å². The van der Waals surface area contributed by atoms with Gasteiger partial charge in [0.25, 0.3) is 0 Å². The fourth-order valence-electron chi connectivity index (χ4n) is 2.31. The summed E-state index contributed by atoms with van der Waals surface area (Å²) >= 11 is 2.92. The fourth-order valence-corrected chi connectivity index (χ4v) is 3.99. The van der Waals surface area contributed by atoms with Crippen molar-refractivity contribution in [2.45, 2.75) is 37.6 Å². The largest absolute Gasteiger partial charge is 0.383 e. The number of thioether (sulfide) groups is 1. The molecule has 0 spiro atoms. The predicted molar refractivity (Wildman–Crippen MR) is 80.7 cm³/mol. The van der Waals surface area contributed by atoms with Crippen molar-refractivity contribution < 1.29 is 4.74 Å². The van der Waals surface area contributed by atoms with Crippen molar-refractivity contribution in [3.05, 3.63) is 10.4 Å².